The van der Waals surface area contributed by atoms with Crippen LogP contribution in [0.5, 0.6) is 5.75 Å². The predicted molar refractivity (Wildman–Crippen MR) is 121 cm³/mol. The van der Waals surface area contributed by atoms with E-state index in [1.54, 1.807) is 12.1 Å². The number of phenolic OH excluding ortho intramolecular Hbond substituents is 1. The van der Waals surface area contributed by atoms with Gasteiger partial charge in [-0.15, -0.1) is 0 Å². The number of hydrazone groups is 1. The van der Waals surface area contributed by atoms with Crippen molar-refractivity contribution < 1.29 is 15.0 Å². The maximum Gasteiger partial charge on any atom is 0.301 e. The summed E-state index contributed by atoms with van der Waals surface area (Å²) in [6.07, 6.45) is 0. The topological polar surface area (TPSA) is 131 Å². The largest absolute Gasteiger partial charge is 0.508 e. The SMILES string of the molecule is O=[N+]([O-])c1ccc(N/N=C(\c2ccc(O)cc2)c2cccc3ccccc23)c([N+](=O)[O-])c1. The van der Waals surface area contributed by atoms with E-state index in [1.165, 1.54) is 24.3 Å². The highest BCUT2D eigenvalue weighted by atomic mass is 16.6. The number of nitrogens with zero attached hydrogens (tertiary/aromatic N) is 3. The monoisotopic (exact) mass is 428 g/mol. The number of aromatic hydroxyl groups is 1. The van der Waals surface area contributed by atoms with Crippen LogP contribution in [0.1, 0.15) is 11.1 Å². The van der Waals surface area contributed by atoms with E-state index in [1.807, 2.05) is 42.5 Å². The summed E-state index contributed by atoms with van der Waals surface area (Å²) >= 11 is 0. The van der Waals surface area contributed by atoms with Gasteiger partial charge in [0.25, 0.3) is 5.69 Å². The van der Waals surface area contributed by atoms with Gasteiger partial charge in [-0.2, -0.15) is 5.10 Å². The molecule has 0 unspecified atom stereocenters. The lowest BCUT2D eigenvalue weighted by atomic mass is 9.96. The first-order valence-corrected chi connectivity index (χ1v) is 9.48. The van der Waals surface area contributed by atoms with Crippen LogP contribution >= 0.6 is 0 Å². The Morgan fingerprint density at radius 2 is 1.56 bits per heavy atom. The standard InChI is InChI=1S/C23H16N4O5/c28-18-11-8-16(9-12-18)23(20-7-3-5-15-4-1-2-6-19(15)20)25-24-21-13-10-17(26(29)30)14-22(21)27(31)32/h1-14,24,28H/b25-23+. The summed E-state index contributed by atoms with van der Waals surface area (Å²) in [6.45, 7) is 0. The minimum Gasteiger partial charge on any atom is -0.508 e. The average Bonchev–Trinajstić information content (AvgIpc) is 2.80. The molecule has 0 saturated carbocycles. The highest BCUT2D eigenvalue weighted by Crippen LogP contribution is 2.30. The lowest BCUT2D eigenvalue weighted by Crippen LogP contribution is -2.08. The molecule has 0 bridgehead atoms. The second-order valence-electron chi connectivity index (χ2n) is 6.86. The molecule has 0 spiro atoms. The summed E-state index contributed by atoms with van der Waals surface area (Å²) in [5.41, 5.74) is 3.77. The van der Waals surface area contributed by atoms with Crippen molar-refractivity contribution in [2.75, 3.05) is 5.43 Å². The molecule has 0 aromatic heterocycles. The van der Waals surface area contributed by atoms with Crippen LogP contribution in [0.25, 0.3) is 10.8 Å². The number of nitro groups is 2. The molecule has 0 aliphatic heterocycles. The van der Waals surface area contributed by atoms with Crippen molar-refractivity contribution in [3.05, 3.63) is 116 Å². The molecule has 9 nitrogen and oxygen atoms in total. The van der Waals surface area contributed by atoms with Crippen molar-refractivity contribution in [3.63, 3.8) is 0 Å². The number of hydrogen-bond donors (Lipinski definition) is 2. The summed E-state index contributed by atoms with van der Waals surface area (Å²) in [4.78, 5) is 21.0. The Morgan fingerprint density at radius 1 is 0.844 bits per heavy atom. The lowest BCUT2D eigenvalue weighted by Gasteiger charge is -2.12. The summed E-state index contributed by atoms with van der Waals surface area (Å²) < 4.78 is 0. The normalized spacial score (nSPS) is 11.3. The first kappa shape index (κ1) is 20.5. The molecule has 158 valence electrons. The van der Waals surface area contributed by atoms with Crippen molar-refractivity contribution in [3.8, 4) is 5.75 Å². The third kappa shape index (κ3) is 4.08. The van der Waals surface area contributed by atoms with Crippen LogP contribution in [0.15, 0.2) is 90.0 Å². The Bertz CT molecular complexity index is 1360. The second-order valence-corrected chi connectivity index (χ2v) is 6.86. The molecule has 0 aliphatic rings. The van der Waals surface area contributed by atoms with E-state index in [-0.39, 0.29) is 17.1 Å². The molecule has 0 aliphatic carbocycles. The predicted octanol–water partition coefficient (Wildman–Crippen LogP) is 5.23. The molecule has 0 atom stereocenters. The fourth-order valence-corrected chi connectivity index (χ4v) is 3.33. The van der Waals surface area contributed by atoms with E-state index in [0.29, 0.717) is 11.3 Å². The van der Waals surface area contributed by atoms with Crippen LogP contribution < -0.4 is 5.43 Å². The maximum absolute atomic E-state index is 11.5. The van der Waals surface area contributed by atoms with E-state index >= 15 is 0 Å². The minimum atomic E-state index is -0.705. The number of fused-ring (bicyclic) bond motifs is 1. The van der Waals surface area contributed by atoms with Crippen LogP contribution in [0.3, 0.4) is 0 Å². The van der Waals surface area contributed by atoms with Crippen LogP contribution in [0.4, 0.5) is 17.1 Å². The van der Waals surface area contributed by atoms with Crippen LogP contribution in [-0.2, 0) is 0 Å². The van der Waals surface area contributed by atoms with E-state index in [9.17, 15) is 25.3 Å². The zero-order chi connectivity index (χ0) is 22.7. The van der Waals surface area contributed by atoms with Crippen LogP contribution in [-0.4, -0.2) is 20.7 Å². The number of benzene rings is 4. The summed E-state index contributed by atoms with van der Waals surface area (Å²) in [5.74, 6) is 0.0879. The van der Waals surface area contributed by atoms with Crippen molar-refractivity contribution in [2.45, 2.75) is 0 Å². The van der Waals surface area contributed by atoms with E-state index in [4.69, 9.17) is 0 Å². The molecule has 0 heterocycles. The Balaban J connectivity index is 1.85. The molecule has 0 saturated heterocycles. The van der Waals surface area contributed by atoms with Crippen LogP contribution in [0.2, 0.25) is 0 Å². The maximum atomic E-state index is 11.5. The minimum absolute atomic E-state index is 0.0112. The Morgan fingerprint density at radius 3 is 2.28 bits per heavy atom. The number of non-ortho nitro benzene ring substituents is 1. The molecule has 9 heteroatoms. The third-order valence-corrected chi connectivity index (χ3v) is 4.86. The summed E-state index contributed by atoms with van der Waals surface area (Å²) in [7, 11) is 0. The van der Waals surface area contributed by atoms with E-state index in [2.05, 4.69) is 10.5 Å². The number of rotatable bonds is 6. The van der Waals surface area contributed by atoms with Gasteiger partial charge in [0, 0.05) is 17.2 Å². The fraction of sp³-hybridized carbons (Fsp3) is 0. The number of nitro benzene ring substituents is 2. The van der Waals surface area contributed by atoms with E-state index in [0.717, 1.165) is 22.4 Å². The van der Waals surface area contributed by atoms with Gasteiger partial charge >= 0.3 is 5.69 Å². The molecule has 0 amide bonds. The van der Waals surface area contributed by atoms with Gasteiger partial charge in [-0.3, -0.25) is 25.7 Å². The van der Waals surface area contributed by atoms with Gasteiger partial charge in [-0.05, 0) is 41.1 Å². The number of hydrogen-bond acceptors (Lipinski definition) is 7. The summed E-state index contributed by atoms with van der Waals surface area (Å²) in [5, 5.41) is 38.5. The van der Waals surface area contributed by atoms with Gasteiger partial charge in [0.15, 0.2) is 0 Å². The highest BCUT2D eigenvalue weighted by molar-refractivity contribution is 6.19. The first-order valence-electron chi connectivity index (χ1n) is 9.48. The van der Waals surface area contributed by atoms with Gasteiger partial charge in [0.05, 0.1) is 21.6 Å². The second kappa shape index (κ2) is 8.52. The van der Waals surface area contributed by atoms with Gasteiger partial charge in [0.2, 0.25) is 0 Å². The number of phenols is 1. The van der Waals surface area contributed by atoms with Gasteiger partial charge in [0.1, 0.15) is 11.4 Å². The molecular formula is C23H16N4O5. The molecule has 0 fully saturated rings. The van der Waals surface area contributed by atoms with Crippen molar-refractivity contribution >= 4 is 33.5 Å². The van der Waals surface area contributed by atoms with Crippen molar-refractivity contribution in [1.82, 2.24) is 0 Å². The Hall–Kier alpha value is -4.79. The average molecular weight is 428 g/mol. The van der Waals surface area contributed by atoms with E-state index < -0.39 is 15.5 Å². The zero-order valence-electron chi connectivity index (χ0n) is 16.5. The Kier molecular flexibility index (Phi) is 5.45. The van der Waals surface area contributed by atoms with Gasteiger partial charge in [-0.1, -0.05) is 42.5 Å². The molecule has 4 aromatic rings. The number of anilines is 1. The van der Waals surface area contributed by atoms with Gasteiger partial charge < -0.3 is 5.11 Å². The lowest BCUT2D eigenvalue weighted by molar-refractivity contribution is -0.393. The fourth-order valence-electron chi connectivity index (χ4n) is 3.33. The van der Waals surface area contributed by atoms with Crippen LogP contribution in [0, 0.1) is 20.2 Å². The van der Waals surface area contributed by atoms with Crippen molar-refractivity contribution in [2.24, 2.45) is 5.10 Å². The third-order valence-electron chi connectivity index (χ3n) is 4.86. The highest BCUT2D eigenvalue weighted by Gasteiger charge is 2.20. The summed E-state index contributed by atoms with van der Waals surface area (Å²) in [6, 6.07) is 23.1. The molecule has 4 rings (SSSR count). The molecule has 0 radical (unpaired) electrons. The molecule has 4 aromatic carbocycles. The number of nitrogens with one attached hydrogen (secondary N) is 1. The molecular weight excluding hydrogens is 412 g/mol. The molecule has 32 heavy (non-hydrogen) atoms. The van der Waals surface area contributed by atoms with Gasteiger partial charge in [-0.25, -0.2) is 0 Å². The van der Waals surface area contributed by atoms with Crippen molar-refractivity contribution in [1.29, 1.82) is 0 Å². The smallest absolute Gasteiger partial charge is 0.301 e. The quantitative estimate of drug-likeness (QED) is 0.246. The Labute approximate surface area is 181 Å². The zero-order valence-corrected chi connectivity index (χ0v) is 16.5. The molecule has 2 N–H and O–H groups in total. The first-order chi connectivity index (χ1) is 15.4.